The SMILES string of the molecule is COc1ccccc1Sc1cc(C)c(F)cc1[C@H](C)N. The first-order valence-corrected chi connectivity index (χ1v) is 7.21. The van der Waals surface area contributed by atoms with Crippen molar-refractivity contribution in [3.05, 3.63) is 53.3 Å². The van der Waals surface area contributed by atoms with Gasteiger partial charge in [0.2, 0.25) is 0 Å². The van der Waals surface area contributed by atoms with Gasteiger partial charge in [-0.1, -0.05) is 23.9 Å². The Morgan fingerprint density at radius 2 is 1.90 bits per heavy atom. The van der Waals surface area contributed by atoms with E-state index in [-0.39, 0.29) is 11.9 Å². The molecule has 20 heavy (non-hydrogen) atoms. The van der Waals surface area contributed by atoms with Gasteiger partial charge in [-0.15, -0.1) is 0 Å². The molecular formula is C16H18FNOS. The Kier molecular flexibility index (Phi) is 4.68. The van der Waals surface area contributed by atoms with Gasteiger partial charge in [0.05, 0.1) is 12.0 Å². The van der Waals surface area contributed by atoms with Gasteiger partial charge in [-0.2, -0.15) is 0 Å². The molecule has 0 saturated carbocycles. The van der Waals surface area contributed by atoms with E-state index in [0.717, 1.165) is 21.1 Å². The Labute approximate surface area is 123 Å². The van der Waals surface area contributed by atoms with Crippen LogP contribution in [0.5, 0.6) is 5.75 Å². The molecule has 106 valence electrons. The molecule has 2 N–H and O–H groups in total. The van der Waals surface area contributed by atoms with Gasteiger partial charge < -0.3 is 10.5 Å². The third-order valence-corrected chi connectivity index (χ3v) is 4.20. The molecule has 2 aromatic carbocycles. The van der Waals surface area contributed by atoms with Gasteiger partial charge in [-0.05, 0) is 49.2 Å². The number of hydrogen-bond acceptors (Lipinski definition) is 3. The lowest BCUT2D eigenvalue weighted by Crippen LogP contribution is -2.07. The van der Waals surface area contributed by atoms with Crippen LogP contribution in [-0.2, 0) is 0 Å². The number of benzene rings is 2. The first-order chi connectivity index (χ1) is 9.52. The second kappa shape index (κ2) is 6.29. The number of methoxy groups -OCH3 is 1. The van der Waals surface area contributed by atoms with Crippen molar-refractivity contribution >= 4 is 11.8 Å². The van der Waals surface area contributed by atoms with Crippen LogP contribution in [0, 0.1) is 12.7 Å². The van der Waals surface area contributed by atoms with Crippen molar-refractivity contribution in [2.75, 3.05) is 7.11 Å². The molecular weight excluding hydrogens is 273 g/mol. The third kappa shape index (κ3) is 3.14. The summed E-state index contributed by atoms with van der Waals surface area (Å²) < 4.78 is 19.1. The zero-order valence-corrected chi connectivity index (χ0v) is 12.6. The highest BCUT2D eigenvalue weighted by molar-refractivity contribution is 7.99. The molecule has 2 nitrogen and oxygen atoms in total. The highest BCUT2D eigenvalue weighted by atomic mass is 32.2. The Balaban J connectivity index is 2.45. The van der Waals surface area contributed by atoms with Crippen molar-refractivity contribution < 1.29 is 9.13 Å². The van der Waals surface area contributed by atoms with Crippen LogP contribution in [0.25, 0.3) is 0 Å². The number of halogens is 1. The van der Waals surface area contributed by atoms with E-state index in [1.165, 1.54) is 6.07 Å². The molecule has 0 aliphatic carbocycles. The van der Waals surface area contributed by atoms with Gasteiger partial charge in [0.25, 0.3) is 0 Å². The maximum absolute atomic E-state index is 13.7. The summed E-state index contributed by atoms with van der Waals surface area (Å²) in [5.74, 6) is 0.580. The zero-order chi connectivity index (χ0) is 14.7. The van der Waals surface area contributed by atoms with Crippen LogP contribution >= 0.6 is 11.8 Å². The lowest BCUT2D eigenvalue weighted by atomic mass is 10.1. The lowest BCUT2D eigenvalue weighted by Gasteiger charge is -2.15. The van der Waals surface area contributed by atoms with E-state index in [9.17, 15) is 4.39 Å². The van der Waals surface area contributed by atoms with Gasteiger partial charge in [0.1, 0.15) is 11.6 Å². The van der Waals surface area contributed by atoms with Gasteiger partial charge in [0.15, 0.2) is 0 Å². The topological polar surface area (TPSA) is 35.2 Å². The predicted octanol–water partition coefficient (Wildman–Crippen LogP) is 4.31. The smallest absolute Gasteiger partial charge is 0.132 e. The van der Waals surface area contributed by atoms with Crippen LogP contribution in [0.3, 0.4) is 0 Å². The van der Waals surface area contributed by atoms with Crippen molar-refractivity contribution in [2.45, 2.75) is 29.7 Å². The molecule has 2 aromatic rings. The van der Waals surface area contributed by atoms with Crippen molar-refractivity contribution in [1.29, 1.82) is 0 Å². The Bertz CT molecular complexity index is 613. The second-order valence-electron chi connectivity index (χ2n) is 4.68. The van der Waals surface area contributed by atoms with E-state index in [0.29, 0.717) is 5.56 Å². The summed E-state index contributed by atoms with van der Waals surface area (Å²) in [6.07, 6.45) is 0. The average molecular weight is 291 g/mol. The molecule has 2 rings (SSSR count). The van der Waals surface area contributed by atoms with E-state index in [1.54, 1.807) is 25.8 Å². The van der Waals surface area contributed by atoms with Gasteiger partial charge in [-0.25, -0.2) is 4.39 Å². The summed E-state index contributed by atoms with van der Waals surface area (Å²) in [6, 6.07) is 10.9. The number of nitrogens with two attached hydrogens (primary N) is 1. The van der Waals surface area contributed by atoms with E-state index in [4.69, 9.17) is 10.5 Å². The molecule has 0 aromatic heterocycles. The number of para-hydroxylation sites is 1. The first-order valence-electron chi connectivity index (χ1n) is 6.39. The normalized spacial score (nSPS) is 12.2. The molecule has 0 bridgehead atoms. The van der Waals surface area contributed by atoms with E-state index >= 15 is 0 Å². The van der Waals surface area contributed by atoms with E-state index < -0.39 is 0 Å². The molecule has 0 fully saturated rings. The number of hydrogen-bond donors (Lipinski definition) is 1. The fraction of sp³-hybridized carbons (Fsp3) is 0.250. The molecule has 1 atom stereocenters. The highest BCUT2D eigenvalue weighted by Crippen LogP contribution is 2.38. The quantitative estimate of drug-likeness (QED) is 0.911. The fourth-order valence-corrected chi connectivity index (χ4v) is 3.17. The lowest BCUT2D eigenvalue weighted by molar-refractivity contribution is 0.405. The maximum atomic E-state index is 13.7. The number of rotatable bonds is 4. The maximum Gasteiger partial charge on any atom is 0.132 e. The van der Waals surface area contributed by atoms with Crippen molar-refractivity contribution in [2.24, 2.45) is 5.73 Å². The first kappa shape index (κ1) is 14.9. The minimum absolute atomic E-state index is 0.220. The Hall–Kier alpha value is -1.52. The summed E-state index contributed by atoms with van der Waals surface area (Å²) in [4.78, 5) is 1.95. The summed E-state index contributed by atoms with van der Waals surface area (Å²) in [5.41, 5.74) is 7.37. The van der Waals surface area contributed by atoms with Crippen molar-refractivity contribution in [3.8, 4) is 5.75 Å². The standard InChI is InChI=1S/C16H18FNOS/c1-10-8-16(12(11(2)18)9-13(10)17)20-15-7-5-4-6-14(15)19-3/h4-9,11H,18H2,1-3H3/t11-/m0/s1. The average Bonchev–Trinajstić information content (AvgIpc) is 2.43. The van der Waals surface area contributed by atoms with Gasteiger partial charge in [0, 0.05) is 10.9 Å². The molecule has 0 spiro atoms. The van der Waals surface area contributed by atoms with Crippen LogP contribution in [0.2, 0.25) is 0 Å². The molecule has 0 saturated heterocycles. The van der Waals surface area contributed by atoms with Crippen LogP contribution in [0.1, 0.15) is 24.1 Å². The summed E-state index contributed by atoms with van der Waals surface area (Å²) in [7, 11) is 1.64. The van der Waals surface area contributed by atoms with Crippen LogP contribution in [-0.4, -0.2) is 7.11 Å². The van der Waals surface area contributed by atoms with E-state index in [1.807, 2.05) is 37.3 Å². The molecule has 0 aliphatic heterocycles. The number of ether oxygens (including phenoxy) is 1. The Morgan fingerprint density at radius 1 is 1.20 bits per heavy atom. The van der Waals surface area contributed by atoms with Crippen molar-refractivity contribution in [1.82, 2.24) is 0 Å². The number of aryl methyl sites for hydroxylation is 1. The molecule has 0 unspecified atom stereocenters. The minimum Gasteiger partial charge on any atom is -0.496 e. The molecule has 0 heterocycles. The molecule has 0 aliphatic rings. The highest BCUT2D eigenvalue weighted by Gasteiger charge is 2.13. The van der Waals surface area contributed by atoms with Gasteiger partial charge in [-0.3, -0.25) is 0 Å². The largest absolute Gasteiger partial charge is 0.496 e. The molecule has 0 amide bonds. The molecule has 0 radical (unpaired) electrons. The second-order valence-corrected chi connectivity index (χ2v) is 5.76. The monoisotopic (exact) mass is 291 g/mol. The summed E-state index contributed by atoms with van der Waals surface area (Å²) in [6.45, 7) is 3.61. The van der Waals surface area contributed by atoms with Crippen LogP contribution in [0.4, 0.5) is 4.39 Å². The van der Waals surface area contributed by atoms with E-state index in [2.05, 4.69) is 0 Å². The predicted molar refractivity (Wildman–Crippen MR) is 80.9 cm³/mol. The van der Waals surface area contributed by atoms with Gasteiger partial charge >= 0.3 is 0 Å². The Morgan fingerprint density at radius 3 is 2.55 bits per heavy atom. The van der Waals surface area contributed by atoms with Crippen LogP contribution < -0.4 is 10.5 Å². The minimum atomic E-state index is -0.221. The van der Waals surface area contributed by atoms with Crippen molar-refractivity contribution in [3.63, 3.8) is 0 Å². The summed E-state index contributed by atoms with van der Waals surface area (Å²) >= 11 is 1.54. The molecule has 4 heteroatoms. The zero-order valence-electron chi connectivity index (χ0n) is 11.8. The third-order valence-electron chi connectivity index (χ3n) is 3.07. The van der Waals surface area contributed by atoms with Crippen LogP contribution in [0.15, 0.2) is 46.2 Å². The fourth-order valence-electron chi connectivity index (χ4n) is 1.94. The summed E-state index contributed by atoms with van der Waals surface area (Å²) in [5, 5.41) is 0.